The number of nitrogens with two attached hydrogens (primary N) is 1. The maximum Gasteiger partial charge on any atom is 0.340 e. The highest BCUT2D eigenvalue weighted by Crippen LogP contribution is 2.28. The Morgan fingerprint density at radius 2 is 2.05 bits per heavy atom. The number of nitrogens with one attached hydrogen (secondary N) is 1. The third-order valence-electron chi connectivity index (χ3n) is 2.95. The molecule has 0 radical (unpaired) electrons. The molecule has 2 aromatic rings. The Bertz CT molecular complexity index is 671. The summed E-state index contributed by atoms with van der Waals surface area (Å²) in [6.45, 7) is 4.04. The molecule has 0 aliphatic carbocycles. The van der Waals surface area contributed by atoms with Crippen molar-refractivity contribution >= 4 is 34.6 Å². The Morgan fingerprint density at radius 3 is 2.76 bits per heavy atom. The fourth-order valence-corrected chi connectivity index (χ4v) is 2.07. The number of carbonyl (C=O) groups is 1. The quantitative estimate of drug-likeness (QED) is 0.658. The lowest BCUT2D eigenvalue weighted by Gasteiger charge is -2.12. The van der Waals surface area contributed by atoms with Crippen LogP contribution in [0.5, 0.6) is 0 Å². The number of esters is 1. The molecule has 5 heteroatoms. The molecule has 0 unspecified atom stereocenters. The first-order valence-electron chi connectivity index (χ1n) is 6.61. The van der Waals surface area contributed by atoms with E-state index in [0.29, 0.717) is 22.9 Å². The first kappa shape index (κ1) is 15.2. The van der Waals surface area contributed by atoms with Gasteiger partial charge >= 0.3 is 5.97 Å². The van der Waals surface area contributed by atoms with E-state index in [4.69, 9.17) is 22.1 Å². The summed E-state index contributed by atoms with van der Waals surface area (Å²) in [7, 11) is 0. The second-order valence-corrected chi connectivity index (χ2v) is 5.04. The van der Waals surface area contributed by atoms with Crippen molar-refractivity contribution in [3.05, 3.63) is 52.5 Å². The van der Waals surface area contributed by atoms with Gasteiger partial charge in [0.25, 0.3) is 0 Å². The van der Waals surface area contributed by atoms with Crippen LogP contribution in [0.2, 0.25) is 5.02 Å². The summed E-state index contributed by atoms with van der Waals surface area (Å²) >= 11 is 6.15. The van der Waals surface area contributed by atoms with Crippen molar-refractivity contribution in [1.82, 2.24) is 0 Å². The van der Waals surface area contributed by atoms with Crippen LogP contribution in [0.4, 0.5) is 17.1 Å². The van der Waals surface area contributed by atoms with E-state index in [0.717, 1.165) is 16.9 Å². The average Bonchev–Trinajstić information content (AvgIpc) is 2.45. The number of nitrogen functional groups attached to an aromatic ring is 1. The first-order chi connectivity index (χ1) is 10.0. The van der Waals surface area contributed by atoms with Crippen LogP contribution in [0, 0.1) is 6.92 Å². The molecule has 0 aliphatic rings. The third kappa shape index (κ3) is 3.67. The largest absolute Gasteiger partial charge is 0.462 e. The van der Waals surface area contributed by atoms with E-state index >= 15 is 0 Å². The molecule has 2 aromatic carbocycles. The van der Waals surface area contributed by atoms with E-state index in [9.17, 15) is 4.79 Å². The molecule has 3 N–H and O–H groups in total. The van der Waals surface area contributed by atoms with Crippen LogP contribution in [0.1, 0.15) is 22.8 Å². The van der Waals surface area contributed by atoms with Crippen molar-refractivity contribution in [3.63, 3.8) is 0 Å². The van der Waals surface area contributed by atoms with Gasteiger partial charge in [-0.1, -0.05) is 17.7 Å². The van der Waals surface area contributed by atoms with Crippen molar-refractivity contribution < 1.29 is 9.53 Å². The summed E-state index contributed by atoms with van der Waals surface area (Å²) in [5.74, 6) is -0.436. The highest BCUT2D eigenvalue weighted by molar-refractivity contribution is 6.33. The average molecular weight is 305 g/mol. The lowest BCUT2D eigenvalue weighted by atomic mass is 10.1. The maximum atomic E-state index is 11.8. The molecule has 0 amide bonds. The zero-order chi connectivity index (χ0) is 15.4. The molecule has 110 valence electrons. The second-order valence-electron chi connectivity index (χ2n) is 4.63. The summed E-state index contributed by atoms with van der Waals surface area (Å²) in [6.07, 6.45) is 0. The molecule has 0 aromatic heterocycles. The number of aryl methyl sites for hydroxylation is 1. The Labute approximate surface area is 128 Å². The van der Waals surface area contributed by atoms with Crippen LogP contribution in [0.15, 0.2) is 36.4 Å². The van der Waals surface area contributed by atoms with Gasteiger partial charge in [-0.25, -0.2) is 4.79 Å². The molecule has 0 bridgehead atoms. The summed E-state index contributed by atoms with van der Waals surface area (Å²) in [6, 6.07) is 10.8. The Morgan fingerprint density at radius 1 is 1.29 bits per heavy atom. The minimum Gasteiger partial charge on any atom is -0.462 e. The highest BCUT2D eigenvalue weighted by atomic mass is 35.5. The normalized spacial score (nSPS) is 10.2. The number of hydrogen-bond donors (Lipinski definition) is 2. The number of rotatable bonds is 4. The molecule has 0 atom stereocenters. The second kappa shape index (κ2) is 6.50. The van der Waals surface area contributed by atoms with Crippen molar-refractivity contribution in [2.45, 2.75) is 13.8 Å². The van der Waals surface area contributed by atoms with Crippen molar-refractivity contribution in [2.75, 3.05) is 17.7 Å². The number of hydrogen-bond acceptors (Lipinski definition) is 4. The zero-order valence-electron chi connectivity index (χ0n) is 11.9. The molecule has 0 fully saturated rings. The van der Waals surface area contributed by atoms with Gasteiger partial charge in [0.05, 0.1) is 22.9 Å². The van der Waals surface area contributed by atoms with E-state index in [1.807, 2.05) is 25.1 Å². The van der Waals surface area contributed by atoms with Gasteiger partial charge in [-0.05, 0) is 49.7 Å². The molecule has 0 saturated heterocycles. The van der Waals surface area contributed by atoms with Gasteiger partial charge in [0.15, 0.2) is 0 Å². The predicted octanol–water partition coefficient (Wildman–Crippen LogP) is 4.15. The lowest BCUT2D eigenvalue weighted by molar-refractivity contribution is 0.0527. The topological polar surface area (TPSA) is 64.3 Å². The van der Waals surface area contributed by atoms with E-state index in [1.165, 1.54) is 0 Å². The number of ether oxygens (including phenoxy) is 1. The fourth-order valence-electron chi connectivity index (χ4n) is 1.91. The minimum absolute atomic E-state index is 0.305. The highest BCUT2D eigenvalue weighted by Gasteiger charge is 2.12. The summed E-state index contributed by atoms with van der Waals surface area (Å²) in [4.78, 5) is 11.8. The lowest BCUT2D eigenvalue weighted by Crippen LogP contribution is -2.08. The van der Waals surface area contributed by atoms with Crippen LogP contribution < -0.4 is 11.1 Å². The fraction of sp³-hybridized carbons (Fsp3) is 0.188. The third-order valence-corrected chi connectivity index (χ3v) is 3.28. The van der Waals surface area contributed by atoms with Gasteiger partial charge in [-0.2, -0.15) is 0 Å². The van der Waals surface area contributed by atoms with Crippen molar-refractivity contribution in [3.8, 4) is 0 Å². The van der Waals surface area contributed by atoms with Gasteiger partial charge in [0.1, 0.15) is 0 Å². The number of benzene rings is 2. The molecule has 4 nitrogen and oxygen atoms in total. The summed E-state index contributed by atoms with van der Waals surface area (Å²) in [5.41, 5.74) is 9.12. The van der Waals surface area contributed by atoms with Crippen LogP contribution in [-0.4, -0.2) is 12.6 Å². The molecular formula is C16H17ClN2O2. The van der Waals surface area contributed by atoms with E-state index < -0.39 is 5.97 Å². The zero-order valence-corrected chi connectivity index (χ0v) is 12.7. The first-order valence-corrected chi connectivity index (χ1v) is 6.99. The smallest absolute Gasteiger partial charge is 0.340 e. The molecule has 0 saturated carbocycles. The minimum atomic E-state index is -0.436. The summed E-state index contributed by atoms with van der Waals surface area (Å²) in [5, 5.41) is 3.79. The van der Waals surface area contributed by atoms with Gasteiger partial charge in [-0.15, -0.1) is 0 Å². The number of carbonyl (C=O) groups excluding carboxylic acids is 1. The monoisotopic (exact) mass is 304 g/mol. The summed E-state index contributed by atoms with van der Waals surface area (Å²) < 4.78 is 4.98. The van der Waals surface area contributed by atoms with Gasteiger partial charge in [0, 0.05) is 11.4 Å². The molecule has 2 rings (SSSR count). The van der Waals surface area contributed by atoms with Gasteiger partial charge in [-0.3, -0.25) is 0 Å². The van der Waals surface area contributed by atoms with Gasteiger partial charge in [0.2, 0.25) is 0 Å². The molecule has 0 spiro atoms. The standard InChI is InChI=1S/C16H17ClN2O2/c1-3-21-16(20)12-9-11(5-7-14(12)18)19-15-8-10(2)4-6-13(15)17/h4-9,19H,3,18H2,1-2H3. The Hall–Kier alpha value is -2.20. The van der Waals surface area contributed by atoms with Crippen LogP contribution in [0.25, 0.3) is 0 Å². The molecule has 0 aliphatic heterocycles. The van der Waals surface area contributed by atoms with Crippen molar-refractivity contribution in [2.24, 2.45) is 0 Å². The van der Waals surface area contributed by atoms with E-state index in [1.54, 1.807) is 25.1 Å². The SMILES string of the molecule is CCOC(=O)c1cc(Nc2cc(C)ccc2Cl)ccc1N. The number of anilines is 3. The molecule has 21 heavy (non-hydrogen) atoms. The predicted molar refractivity (Wildman–Crippen MR) is 86.3 cm³/mol. The van der Waals surface area contributed by atoms with E-state index in [-0.39, 0.29) is 0 Å². The molecular weight excluding hydrogens is 288 g/mol. The van der Waals surface area contributed by atoms with Gasteiger partial charge < -0.3 is 15.8 Å². The van der Waals surface area contributed by atoms with Crippen molar-refractivity contribution in [1.29, 1.82) is 0 Å². The Kier molecular flexibility index (Phi) is 4.70. The maximum absolute atomic E-state index is 11.8. The van der Waals surface area contributed by atoms with Crippen LogP contribution >= 0.6 is 11.6 Å². The molecule has 0 heterocycles. The van der Waals surface area contributed by atoms with Crippen LogP contribution in [0.3, 0.4) is 0 Å². The Balaban J connectivity index is 2.31. The van der Waals surface area contributed by atoms with E-state index in [2.05, 4.69) is 5.32 Å². The van der Waals surface area contributed by atoms with Crippen LogP contribution in [-0.2, 0) is 4.74 Å². The number of halogens is 1.